The Morgan fingerprint density at radius 3 is 2.78 bits per heavy atom. The second-order valence-electron chi connectivity index (χ2n) is 7.65. The fraction of sp³-hybridized carbons (Fsp3) is 0.429. The number of aromatic nitrogens is 2. The predicted octanol–water partition coefficient (Wildman–Crippen LogP) is 2.49. The average Bonchev–Trinajstić information content (AvgIpc) is 3.09. The highest BCUT2D eigenvalue weighted by Crippen LogP contribution is 2.28. The molecule has 1 N–H and O–H groups in total. The van der Waals surface area contributed by atoms with Crippen LogP contribution >= 0.6 is 0 Å². The van der Waals surface area contributed by atoms with Crippen molar-refractivity contribution in [1.29, 1.82) is 0 Å². The van der Waals surface area contributed by atoms with Crippen LogP contribution in [0, 0.1) is 12.8 Å². The Morgan fingerprint density at radius 2 is 2.04 bits per heavy atom. The zero-order chi connectivity index (χ0) is 19.0. The van der Waals surface area contributed by atoms with Crippen LogP contribution < -0.4 is 5.32 Å². The van der Waals surface area contributed by atoms with Gasteiger partial charge in [-0.2, -0.15) is 0 Å². The van der Waals surface area contributed by atoms with Crippen molar-refractivity contribution in [2.24, 2.45) is 5.92 Å². The molecule has 6 heteroatoms. The molecule has 2 atom stereocenters. The number of rotatable bonds is 2. The number of fused-ring (bicyclic) bond motifs is 1. The molecule has 0 aromatic carbocycles. The molecule has 1 saturated heterocycles. The molecule has 142 valence electrons. The van der Waals surface area contributed by atoms with Crippen molar-refractivity contribution in [1.82, 2.24) is 24.7 Å². The van der Waals surface area contributed by atoms with E-state index < -0.39 is 0 Å². The summed E-state index contributed by atoms with van der Waals surface area (Å²) in [5.74, 6) is 0.226. The molecule has 3 aliphatic rings. The number of aryl methyl sites for hydroxylation is 1. The number of hydrogen-bond acceptors (Lipinski definition) is 4. The molecule has 1 aromatic rings. The van der Waals surface area contributed by atoms with E-state index in [-0.39, 0.29) is 11.8 Å². The van der Waals surface area contributed by atoms with Crippen molar-refractivity contribution in [2.75, 3.05) is 19.6 Å². The normalized spacial score (nSPS) is 29.9. The zero-order valence-corrected chi connectivity index (χ0v) is 16.2. The number of piperazine rings is 1. The first kappa shape index (κ1) is 17.8. The third-order valence-electron chi connectivity index (χ3n) is 5.40. The highest BCUT2D eigenvalue weighted by molar-refractivity contribution is 5.95. The monoisotopic (exact) mass is 365 g/mol. The number of imidazole rings is 1. The van der Waals surface area contributed by atoms with E-state index in [0.717, 1.165) is 48.8 Å². The van der Waals surface area contributed by atoms with E-state index in [2.05, 4.69) is 47.3 Å². The third kappa shape index (κ3) is 3.62. The van der Waals surface area contributed by atoms with Gasteiger partial charge in [0.1, 0.15) is 0 Å². The number of hydrogen-bond donors (Lipinski definition) is 1. The summed E-state index contributed by atoms with van der Waals surface area (Å²) in [6.45, 7) is 9.16. The molecule has 1 unspecified atom stereocenters. The van der Waals surface area contributed by atoms with Crippen LogP contribution in [0.15, 0.2) is 54.4 Å². The molecule has 3 aliphatic heterocycles. The lowest BCUT2D eigenvalue weighted by Crippen LogP contribution is -2.49. The molecular weight excluding hydrogens is 338 g/mol. The van der Waals surface area contributed by atoms with Gasteiger partial charge in [-0.3, -0.25) is 9.69 Å². The molecule has 1 amide bonds. The molecule has 4 heterocycles. The fourth-order valence-corrected chi connectivity index (χ4v) is 3.86. The van der Waals surface area contributed by atoms with E-state index in [0.29, 0.717) is 6.04 Å². The molecule has 0 radical (unpaired) electrons. The minimum Gasteiger partial charge on any atom is -0.368 e. The minimum atomic E-state index is -0.0146. The molecule has 27 heavy (non-hydrogen) atoms. The Hall–Kier alpha value is -2.60. The van der Waals surface area contributed by atoms with Gasteiger partial charge in [-0.1, -0.05) is 13.0 Å². The van der Waals surface area contributed by atoms with Gasteiger partial charge in [0.05, 0.1) is 17.7 Å². The first-order valence-corrected chi connectivity index (χ1v) is 9.65. The Labute approximate surface area is 160 Å². The predicted molar refractivity (Wildman–Crippen MR) is 106 cm³/mol. The second kappa shape index (κ2) is 7.19. The molecule has 0 spiro atoms. The molecule has 1 fully saturated rings. The number of nitrogens with one attached hydrogen (secondary N) is 1. The summed E-state index contributed by atoms with van der Waals surface area (Å²) >= 11 is 0. The fourth-order valence-electron chi connectivity index (χ4n) is 3.86. The lowest BCUT2D eigenvalue weighted by molar-refractivity contribution is -0.122. The van der Waals surface area contributed by atoms with Crippen LogP contribution in [0.2, 0.25) is 0 Å². The number of amides is 1. The maximum Gasteiger partial charge on any atom is 0.256 e. The van der Waals surface area contributed by atoms with Crippen LogP contribution in [-0.2, 0) is 4.79 Å². The minimum absolute atomic E-state index is 0.0146. The summed E-state index contributed by atoms with van der Waals surface area (Å²) < 4.78 is 1.97. The van der Waals surface area contributed by atoms with E-state index in [9.17, 15) is 4.79 Å². The number of nitrogens with zero attached hydrogens (tertiary/aromatic N) is 4. The quantitative estimate of drug-likeness (QED) is 0.875. The van der Waals surface area contributed by atoms with Crippen LogP contribution in [0.3, 0.4) is 0 Å². The third-order valence-corrected chi connectivity index (χ3v) is 5.40. The van der Waals surface area contributed by atoms with E-state index in [1.807, 2.05) is 23.9 Å². The van der Waals surface area contributed by atoms with Crippen molar-refractivity contribution in [3.05, 3.63) is 60.1 Å². The molecule has 6 nitrogen and oxygen atoms in total. The summed E-state index contributed by atoms with van der Waals surface area (Å²) in [7, 11) is 0. The van der Waals surface area contributed by atoms with Gasteiger partial charge >= 0.3 is 0 Å². The van der Waals surface area contributed by atoms with Crippen molar-refractivity contribution < 1.29 is 4.79 Å². The van der Waals surface area contributed by atoms with Crippen LogP contribution in [0.5, 0.6) is 0 Å². The number of carbonyl (C=O) groups excluding carboxylic acids is 1. The topological polar surface area (TPSA) is 53.4 Å². The van der Waals surface area contributed by atoms with Crippen molar-refractivity contribution >= 4 is 11.6 Å². The Bertz CT molecular complexity index is 860. The van der Waals surface area contributed by atoms with Gasteiger partial charge in [0.25, 0.3) is 5.91 Å². The van der Waals surface area contributed by atoms with Crippen molar-refractivity contribution in [3.8, 4) is 0 Å². The summed E-state index contributed by atoms with van der Waals surface area (Å²) in [4.78, 5) is 21.5. The highest BCUT2D eigenvalue weighted by atomic mass is 16.2. The van der Waals surface area contributed by atoms with Crippen molar-refractivity contribution in [2.45, 2.75) is 33.2 Å². The Kier molecular flexibility index (Phi) is 4.74. The lowest BCUT2D eigenvalue weighted by atomic mass is 9.99. The standard InChI is InChI=1S/C21H27N5O/c1-15-4-5-18-6-7-19(24-9-8-22-16(2)11-24)13-26(18)21(27)10-20(15)25-12-17(3)23-14-25/h5-7,10,12-16,22H,4,8-9,11H2,1-3H3/b18-5+,20-10+/t15?,16-/m0/s1. The van der Waals surface area contributed by atoms with Gasteiger partial charge in [-0.15, -0.1) is 0 Å². The number of carbonyl (C=O) groups is 1. The molecular formula is C21H27N5O. The smallest absolute Gasteiger partial charge is 0.256 e. The van der Waals surface area contributed by atoms with Crippen LogP contribution in [-0.4, -0.2) is 50.9 Å². The average molecular weight is 365 g/mol. The maximum absolute atomic E-state index is 13.1. The molecule has 0 saturated carbocycles. The first-order valence-electron chi connectivity index (χ1n) is 9.65. The van der Waals surface area contributed by atoms with Crippen LogP contribution in [0.25, 0.3) is 5.70 Å². The maximum atomic E-state index is 13.1. The van der Waals surface area contributed by atoms with E-state index >= 15 is 0 Å². The zero-order valence-electron chi connectivity index (χ0n) is 16.2. The summed E-state index contributed by atoms with van der Waals surface area (Å²) in [6.07, 6.45) is 14.7. The lowest BCUT2D eigenvalue weighted by Gasteiger charge is -2.36. The van der Waals surface area contributed by atoms with E-state index in [1.54, 1.807) is 17.3 Å². The van der Waals surface area contributed by atoms with Crippen LogP contribution in [0.1, 0.15) is 26.0 Å². The molecule has 4 rings (SSSR count). The van der Waals surface area contributed by atoms with Gasteiger partial charge in [0.2, 0.25) is 0 Å². The molecule has 0 bridgehead atoms. The largest absolute Gasteiger partial charge is 0.368 e. The van der Waals surface area contributed by atoms with Gasteiger partial charge in [-0.25, -0.2) is 4.98 Å². The van der Waals surface area contributed by atoms with Gasteiger partial charge < -0.3 is 14.8 Å². The number of allylic oxidation sites excluding steroid dienone is 4. The molecule has 0 aliphatic carbocycles. The van der Waals surface area contributed by atoms with Gasteiger partial charge in [-0.05, 0) is 32.4 Å². The summed E-state index contributed by atoms with van der Waals surface area (Å²) in [5, 5.41) is 3.46. The van der Waals surface area contributed by atoms with E-state index in [4.69, 9.17) is 0 Å². The van der Waals surface area contributed by atoms with E-state index in [1.165, 1.54) is 0 Å². The van der Waals surface area contributed by atoms with Gasteiger partial charge in [0, 0.05) is 61.5 Å². The summed E-state index contributed by atoms with van der Waals surface area (Å²) in [6, 6.07) is 0.449. The molecule has 1 aromatic heterocycles. The van der Waals surface area contributed by atoms with Crippen LogP contribution in [0.4, 0.5) is 0 Å². The Balaban J connectivity index is 1.64. The second-order valence-corrected chi connectivity index (χ2v) is 7.65. The van der Waals surface area contributed by atoms with Gasteiger partial charge in [0.15, 0.2) is 0 Å². The SMILES string of the molecule is Cc1cn(/C2=C/C(=O)N3C=C(N4CCN[C@@H](C)C4)C=C/C3=C\CC2C)cn1. The Morgan fingerprint density at radius 1 is 1.22 bits per heavy atom. The van der Waals surface area contributed by atoms with Crippen molar-refractivity contribution in [3.63, 3.8) is 0 Å². The summed E-state index contributed by atoms with van der Waals surface area (Å²) in [5.41, 5.74) is 3.98. The highest BCUT2D eigenvalue weighted by Gasteiger charge is 2.25. The first-order chi connectivity index (χ1) is 13.0.